The van der Waals surface area contributed by atoms with Gasteiger partial charge in [-0.2, -0.15) is 0 Å². The number of hydrogen-bond donors (Lipinski definition) is 4. The van der Waals surface area contributed by atoms with Gasteiger partial charge in [0.25, 0.3) is 0 Å². The third-order valence-electron chi connectivity index (χ3n) is 3.61. The Hall–Kier alpha value is 0.350. The van der Waals surface area contributed by atoms with Gasteiger partial charge in [-0.05, 0) is 12.8 Å². The molecule has 3 N–H and O–H groups in total. The summed E-state index contributed by atoms with van der Waals surface area (Å²) >= 11 is 8.84. The standard InChI is InChI=1S/C15H32NO4PS2/c17-21(18,19)20-14-12-10-8-6-4-2-1-3-5-7-9-11-13-16-15(22)23/h1-14H2,(H2,16,22,23)(H2,17,18,19). The lowest BCUT2D eigenvalue weighted by Gasteiger charge is -2.05. The lowest BCUT2D eigenvalue weighted by atomic mass is 10.1. The smallest absolute Gasteiger partial charge is 0.371 e. The van der Waals surface area contributed by atoms with Crippen molar-refractivity contribution in [1.82, 2.24) is 5.32 Å². The number of thiol groups is 1. The molecule has 0 atom stereocenters. The molecule has 0 saturated carbocycles. The number of nitrogens with one attached hydrogen (secondary N) is 1. The van der Waals surface area contributed by atoms with E-state index in [9.17, 15) is 4.57 Å². The maximum atomic E-state index is 10.5. The summed E-state index contributed by atoms with van der Waals surface area (Å²) in [4.78, 5) is 17.0. The van der Waals surface area contributed by atoms with E-state index in [1.807, 2.05) is 0 Å². The summed E-state index contributed by atoms with van der Waals surface area (Å²) in [6.45, 7) is 1.08. The number of hydrogen-bond acceptors (Lipinski definition) is 3. The Morgan fingerprint density at radius 1 is 0.870 bits per heavy atom. The van der Waals surface area contributed by atoms with E-state index in [1.54, 1.807) is 0 Å². The fourth-order valence-electron chi connectivity index (χ4n) is 2.37. The van der Waals surface area contributed by atoms with Gasteiger partial charge in [0.1, 0.15) is 4.32 Å². The second-order valence-electron chi connectivity index (χ2n) is 5.80. The number of thiocarbonyl (C=S) groups is 1. The molecular weight excluding hydrogens is 353 g/mol. The van der Waals surface area contributed by atoms with Crippen LogP contribution in [-0.2, 0) is 9.09 Å². The Labute approximate surface area is 151 Å². The van der Waals surface area contributed by atoms with Crippen LogP contribution in [-0.4, -0.2) is 27.3 Å². The Bertz CT molecular complexity index is 339. The third-order valence-corrected chi connectivity index (χ3v) is 4.43. The van der Waals surface area contributed by atoms with Gasteiger partial charge in [-0.25, -0.2) is 4.57 Å². The molecule has 0 aromatic heterocycles. The van der Waals surface area contributed by atoms with Gasteiger partial charge in [0.2, 0.25) is 0 Å². The molecule has 0 unspecified atom stereocenters. The highest BCUT2D eigenvalue weighted by atomic mass is 32.1. The largest absolute Gasteiger partial charge is 0.469 e. The lowest BCUT2D eigenvalue weighted by molar-refractivity contribution is 0.193. The molecule has 0 saturated heterocycles. The van der Waals surface area contributed by atoms with Crippen molar-refractivity contribution < 1.29 is 18.9 Å². The third kappa shape index (κ3) is 22.4. The quantitative estimate of drug-likeness (QED) is 0.135. The number of unbranched alkanes of at least 4 members (excludes halogenated alkanes) is 11. The van der Waals surface area contributed by atoms with E-state index < -0.39 is 7.82 Å². The van der Waals surface area contributed by atoms with E-state index in [1.165, 1.54) is 51.4 Å². The van der Waals surface area contributed by atoms with Crippen molar-refractivity contribution in [2.75, 3.05) is 13.2 Å². The first kappa shape index (κ1) is 23.4. The predicted molar refractivity (Wildman–Crippen MR) is 103 cm³/mol. The molecule has 0 rings (SSSR count). The van der Waals surface area contributed by atoms with Crippen molar-refractivity contribution >= 4 is 37.0 Å². The molecule has 8 heteroatoms. The fourth-order valence-corrected chi connectivity index (χ4v) is 2.95. The van der Waals surface area contributed by atoms with Crippen molar-refractivity contribution in [3.63, 3.8) is 0 Å². The van der Waals surface area contributed by atoms with Crippen LogP contribution in [0.3, 0.4) is 0 Å². The number of phosphoric ester groups is 1. The summed E-state index contributed by atoms with van der Waals surface area (Å²) in [5, 5.41) is 3.05. The SMILES string of the molecule is O=P(O)(O)OCCCCCCCCCCCCCCNC(=S)S. The Morgan fingerprint density at radius 3 is 1.65 bits per heavy atom. The second kappa shape index (κ2) is 15.9. The normalized spacial score (nSPS) is 11.6. The molecule has 0 spiro atoms. The van der Waals surface area contributed by atoms with Crippen LogP contribution in [0.5, 0.6) is 0 Å². The van der Waals surface area contributed by atoms with Crippen LogP contribution < -0.4 is 5.32 Å². The van der Waals surface area contributed by atoms with E-state index in [0.29, 0.717) is 4.32 Å². The highest BCUT2D eigenvalue weighted by Crippen LogP contribution is 2.35. The lowest BCUT2D eigenvalue weighted by Crippen LogP contribution is -2.17. The van der Waals surface area contributed by atoms with E-state index in [-0.39, 0.29) is 6.61 Å². The molecule has 0 aromatic rings. The summed E-state index contributed by atoms with van der Waals surface area (Å²) in [7, 11) is -4.27. The van der Waals surface area contributed by atoms with Gasteiger partial charge in [-0.1, -0.05) is 76.4 Å². The van der Waals surface area contributed by atoms with Gasteiger partial charge < -0.3 is 15.1 Å². The first-order chi connectivity index (χ1) is 10.9. The molecule has 23 heavy (non-hydrogen) atoms. The Balaban J connectivity index is 3.05. The van der Waals surface area contributed by atoms with Crippen LogP contribution in [0.4, 0.5) is 0 Å². The molecule has 5 nitrogen and oxygen atoms in total. The summed E-state index contributed by atoms with van der Waals surface area (Å²) in [5.74, 6) is 0. The van der Waals surface area contributed by atoms with E-state index in [0.717, 1.165) is 32.2 Å². The van der Waals surface area contributed by atoms with Gasteiger partial charge in [0.15, 0.2) is 0 Å². The average Bonchev–Trinajstić information content (AvgIpc) is 2.45. The molecule has 0 amide bonds. The first-order valence-corrected chi connectivity index (χ1v) is 11.0. The summed E-state index contributed by atoms with van der Waals surface area (Å²) in [6, 6.07) is 0. The van der Waals surface area contributed by atoms with E-state index in [2.05, 4.69) is 22.5 Å². The van der Waals surface area contributed by atoms with Crippen molar-refractivity contribution in [2.24, 2.45) is 0 Å². The van der Waals surface area contributed by atoms with Crippen molar-refractivity contribution in [3.8, 4) is 0 Å². The number of phosphoric acid groups is 1. The molecule has 0 aliphatic carbocycles. The minimum Gasteiger partial charge on any atom is -0.371 e. The van der Waals surface area contributed by atoms with Crippen LogP contribution >= 0.6 is 32.7 Å². The van der Waals surface area contributed by atoms with Crippen LogP contribution in [0.25, 0.3) is 0 Å². The maximum Gasteiger partial charge on any atom is 0.469 e. The molecular formula is C15H32NO4PS2. The monoisotopic (exact) mass is 385 g/mol. The van der Waals surface area contributed by atoms with E-state index >= 15 is 0 Å². The molecule has 0 radical (unpaired) electrons. The van der Waals surface area contributed by atoms with Crippen LogP contribution in [0, 0.1) is 0 Å². The molecule has 0 bridgehead atoms. The highest BCUT2D eigenvalue weighted by Gasteiger charge is 2.12. The van der Waals surface area contributed by atoms with Crippen LogP contribution in [0.2, 0.25) is 0 Å². The van der Waals surface area contributed by atoms with Gasteiger partial charge in [0, 0.05) is 6.54 Å². The van der Waals surface area contributed by atoms with Crippen molar-refractivity contribution in [1.29, 1.82) is 0 Å². The van der Waals surface area contributed by atoms with E-state index in [4.69, 9.17) is 22.0 Å². The topological polar surface area (TPSA) is 78.8 Å². The average molecular weight is 386 g/mol. The van der Waals surface area contributed by atoms with Crippen LogP contribution in [0.1, 0.15) is 77.0 Å². The van der Waals surface area contributed by atoms with Gasteiger partial charge in [-0.3, -0.25) is 4.52 Å². The maximum absolute atomic E-state index is 10.5. The highest BCUT2D eigenvalue weighted by molar-refractivity contribution is 8.11. The molecule has 0 aliphatic rings. The second-order valence-corrected chi connectivity index (χ2v) is 8.20. The molecule has 138 valence electrons. The van der Waals surface area contributed by atoms with Crippen LogP contribution in [0.15, 0.2) is 0 Å². The van der Waals surface area contributed by atoms with Crippen molar-refractivity contribution in [2.45, 2.75) is 77.0 Å². The van der Waals surface area contributed by atoms with Gasteiger partial charge in [-0.15, -0.1) is 12.6 Å². The Morgan fingerprint density at radius 2 is 1.26 bits per heavy atom. The first-order valence-electron chi connectivity index (χ1n) is 8.59. The zero-order valence-electron chi connectivity index (χ0n) is 13.9. The Kier molecular flexibility index (Phi) is 16.1. The molecule has 0 aliphatic heterocycles. The molecule has 0 aromatic carbocycles. The van der Waals surface area contributed by atoms with Gasteiger partial charge >= 0.3 is 7.82 Å². The van der Waals surface area contributed by atoms with Gasteiger partial charge in [0.05, 0.1) is 6.61 Å². The predicted octanol–water partition coefficient (Wildman–Crippen LogP) is 4.58. The summed E-state index contributed by atoms with van der Waals surface area (Å²) in [5.41, 5.74) is 0. The summed E-state index contributed by atoms with van der Waals surface area (Å²) in [6.07, 6.45) is 14.2. The zero-order valence-corrected chi connectivity index (χ0v) is 16.5. The zero-order chi connectivity index (χ0) is 17.4. The molecule has 0 fully saturated rings. The van der Waals surface area contributed by atoms with Crippen molar-refractivity contribution in [3.05, 3.63) is 0 Å². The fraction of sp³-hybridized carbons (Fsp3) is 0.933. The minimum atomic E-state index is -4.27. The minimum absolute atomic E-state index is 0.152. The molecule has 0 heterocycles. The number of rotatable bonds is 16. The summed E-state index contributed by atoms with van der Waals surface area (Å²) < 4.78 is 15.4.